The number of aromatic nitrogens is 2. The summed E-state index contributed by atoms with van der Waals surface area (Å²) in [4.78, 5) is 13.2. The van der Waals surface area contributed by atoms with Crippen molar-refractivity contribution in [3.63, 3.8) is 0 Å². The molecule has 0 saturated heterocycles. The van der Waals surface area contributed by atoms with Crippen LogP contribution in [0.5, 0.6) is 11.6 Å². The van der Waals surface area contributed by atoms with Crippen molar-refractivity contribution in [1.82, 2.24) is 15.5 Å². The molecule has 0 fully saturated rings. The van der Waals surface area contributed by atoms with Crippen molar-refractivity contribution in [2.45, 2.75) is 45.5 Å². The van der Waals surface area contributed by atoms with Gasteiger partial charge >= 0.3 is 0 Å². The summed E-state index contributed by atoms with van der Waals surface area (Å²) in [7, 11) is 0. The molecule has 178 valence electrons. The highest BCUT2D eigenvalue weighted by Gasteiger charge is 2.35. The van der Waals surface area contributed by atoms with E-state index in [1.807, 2.05) is 6.92 Å². The maximum Gasteiger partial charge on any atom is 0.290 e. The Hall–Kier alpha value is -3.13. The molecule has 1 N–H and O–H groups in total. The Labute approximate surface area is 200 Å². The number of ether oxygens (including phenoxy) is 1. The molecule has 4 rings (SSSR count). The number of fused-ring (bicyclic) bond motifs is 1. The number of amides is 1. The third-order valence-electron chi connectivity index (χ3n) is 5.81. The van der Waals surface area contributed by atoms with Gasteiger partial charge in [0.05, 0.1) is 17.3 Å². The van der Waals surface area contributed by atoms with E-state index in [1.165, 1.54) is 24.3 Å². The second kappa shape index (κ2) is 9.62. The molecule has 0 aliphatic heterocycles. The van der Waals surface area contributed by atoms with Gasteiger partial charge in [-0.25, -0.2) is 4.39 Å². The first-order valence-corrected chi connectivity index (χ1v) is 11.3. The second-order valence-electron chi connectivity index (χ2n) is 8.37. The van der Waals surface area contributed by atoms with Gasteiger partial charge in [0.1, 0.15) is 5.56 Å². The predicted octanol–water partition coefficient (Wildman–Crippen LogP) is 6.08. The molecule has 9 heteroatoms. The summed E-state index contributed by atoms with van der Waals surface area (Å²) in [6, 6.07) is 8.80. The molecule has 3 aromatic rings. The summed E-state index contributed by atoms with van der Waals surface area (Å²) < 4.78 is 49.9. The van der Waals surface area contributed by atoms with Gasteiger partial charge in [0.2, 0.25) is 0 Å². The predicted molar refractivity (Wildman–Crippen MR) is 122 cm³/mol. The van der Waals surface area contributed by atoms with Crippen LogP contribution in [0.2, 0.25) is 5.02 Å². The van der Waals surface area contributed by atoms with Crippen molar-refractivity contribution >= 4 is 17.5 Å². The van der Waals surface area contributed by atoms with E-state index in [1.54, 1.807) is 19.1 Å². The van der Waals surface area contributed by atoms with Crippen LogP contribution in [0.4, 0.5) is 13.2 Å². The van der Waals surface area contributed by atoms with Gasteiger partial charge in [0.15, 0.2) is 11.6 Å². The quantitative estimate of drug-likeness (QED) is 0.456. The number of nitrogens with one attached hydrogen (secondary N) is 1. The van der Waals surface area contributed by atoms with Gasteiger partial charge in [-0.3, -0.25) is 4.79 Å². The van der Waals surface area contributed by atoms with E-state index in [-0.39, 0.29) is 27.8 Å². The van der Waals surface area contributed by atoms with E-state index >= 15 is 0 Å². The number of aryl methyl sites for hydroxylation is 3. The number of carbonyl (C=O) groups is 1. The Kier molecular flexibility index (Phi) is 6.79. The van der Waals surface area contributed by atoms with Crippen molar-refractivity contribution in [3.05, 3.63) is 80.7 Å². The molecule has 1 heterocycles. The molecular formula is C25H23ClF3N3O2. The lowest BCUT2D eigenvalue weighted by Gasteiger charge is -2.22. The van der Waals surface area contributed by atoms with Crippen molar-refractivity contribution in [2.75, 3.05) is 6.54 Å². The fraction of sp³-hybridized carbons (Fsp3) is 0.320. The number of rotatable bonds is 6. The zero-order valence-electron chi connectivity index (χ0n) is 18.7. The van der Waals surface area contributed by atoms with E-state index in [0.717, 1.165) is 18.4 Å². The van der Waals surface area contributed by atoms with Crippen LogP contribution in [-0.4, -0.2) is 22.6 Å². The molecule has 5 nitrogen and oxygen atoms in total. The van der Waals surface area contributed by atoms with Gasteiger partial charge in [-0.1, -0.05) is 41.4 Å². The maximum atomic E-state index is 15.0. The Bertz CT molecular complexity index is 1250. The van der Waals surface area contributed by atoms with Crippen LogP contribution in [0.25, 0.3) is 0 Å². The van der Waals surface area contributed by atoms with Crippen molar-refractivity contribution < 1.29 is 22.7 Å². The van der Waals surface area contributed by atoms with Gasteiger partial charge in [-0.2, -0.15) is 13.9 Å². The van der Waals surface area contributed by atoms with E-state index in [9.17, 15) is 18.0 Å². The summed E-state index contributed by atoms with van der Waals surface area (Å²) in [5.41, 5.74) is 2.31. The van der Waals surface area contributed by atoms with E-state index in [2.05, 4.69) is 15.5 Å². The molecule has 0 spiro atoms. The smallest absolute Gasteiger partial charge is 0.290 e. The van der Waals surface area contributed by atoms with Crippen LogP contribution < -0.4 is 10.1 Å². The largest absolute Gasteiger partial charge is 0.434 e. The van der Waals surface area contributed by atoms with Crippen LogP contribution in [0.15, 0.2) is 36.4 Å². The van der Waals surface area contributed by atoms with Crippen molar-refractivity contribution in [1.29, 1.82) is 0 Å². The Morgan fingerprint density at radius 3 is 2.68 bits per heavy atom. The van der Waals surface area contributed by atoms with E-state index in [0.29, 0.717) is 29.7 Å². The lowest BCUT2D eigenvalue weighted by molar-refractivity contribution is -0.00312. The first-order valence-electron chi connectivity index (χ1n) is 10.9. The van der Waals surface area contributed by atoms with E-state index in [4.69, 9.17) is 16.3 Å². The molecule has 1 amide bonds. The van der Waals surface area contributed by atoms with E-state index < -0.39 is 24.2 Å². The minimum Gasteiger partial charge on any atom is -0.434 e. The summed E-state index contributed by atoms with van der Waals surface area (Å²) in [5.74, 6) is -5.40. The average Bonchev–Trinajstić information content (AvgIpc) is 2.80. The van der Waals surface area contributed by atoms with Crippen LogP contribution >= 0.6 is 11.6 Å². The van der Waals surface area contributed by atoms with Crippen molar-refractivity contribution in [2.24, 2.45) is 0 Å². The maximum absolute atomic E-state index is 15.0. The fourth-order valence-electron chi connectivity index (χ4n) is 4.13. The average molecular weight is 490 g/mol. The molecule has 0 bridgehead atoms. The topological polar surface area (TPSA) is 64.1 Å². The van der Waals surface area contributed by atoms with Crippen molar-refractivity contribution in [3.8, 4) is 11.6 Å². The summed E-state index contributed by atoms with van der Waals surface area (Å²) in [6.07, 6.45) is 2.78. The van der Waals surface area contributed by atoms with Gasteiger partial charge in [0, 0.05) is 5.56 Å². The van der Waals surface area contributed by atoms with Gasteiger partial charge in [-0.05, 0) is 62.8 Å². The molecule has 34 heavy (non-hydrogen) atoms. The molecule has 0 atom stereocenters. The zero-order chi connectivity index (χ0) is 24.5. The summed E-state index contributed by atoms with van der Waals surface area (Å²) >= 11 is 5.82. The number of carbonyl (C=O) groups excluding carboxylic acids is 1. The minimum atomic E-state index is -3.30. The highest BCUT2D eigenvalue weighted by atomic mass is 35.5. The second-order valence-corrected chi connectivity index (χ2v) is 8.78. The highest BCUT2D eigenvalue weighted by molar-refractivity contribution is 6.30. The first-order chi connectivity index (χ1) is 16.2. The third kappa shape index (κ3) is 4.87. The Morgan fingerprint density at radius 2 is 1.91 bits per heavy atom. The lowest BCUT2D eigenvalue weighted by atomic mass is 9.92. The van der Waals surface area contributed by atoms with Crippen LogP contribution in [0, 0.1) is 19.7 Å². The number of alkyl halides is 2. The molecule has 1 aliphatic rings. The molecule has 2 aromatic carbocycles. The number of hydrogen-bond donors (Lipinski definition) is 1. The molecule has 1 aliphatic carbocycles. The van der Waals surface area contributed by atoms with Gasteiger partial charge < -0.3 is 10.1 Å². The fourth-order valence-corrected chi connectivity index (χ4v) is 4.29. The lowest BCUT2D eigenvalue weighted by Crippen LogP contribution is -2.36. The van der Waals surface area contributed by atoms with Gasteiger partial charge in [0.25, 0.3) is 17.7 Å². The summed E-state index contributed by atoms with van der Waals surface area (Å²) in [5, 5.41) is 10.3. The normalized spacial score (nSPS) is 13.4. The first kappa shape index (κ1) is 24.0. The molecule has 0 unspecified atom stereocenters. The number of hydrogen-bond acceptors (Lipinski definition) is 4. The van der Waals surface area contributed by atoms with Gasteiger partial charge in [-0.15, -0.1) is 5.10 Å². The SMILES string of the molecule is Cc1ccc(C(F)(F)CNC(=O)c2c(Oc3cccc(Cl)c3F)nnc3c2CCCC3)c(C)c1. The molecule has 0 saturated carbocycles. The highest BCUT2D eigenvalue weighted by Crippen LogP contribution is 2.34. The Balaban J connectivity index is 1.65. The Morgan fingerprint density at radius 1 is 1.15 bits per heavy atom. The molecule has 1 aromatic heterocycles. The van der Waals surface area contributed by atoms with Crippen LogP contribution in [-0.2, 0) is 18.8 Å². The van der Waals surface area contributed by atoms with Crippen LogP contribution in [0.3, 0.4) is 0 Å². The molecule has 0 radical (unpaired) electrons. The summed E-state index contributed by atoms with van der Waals surface area (Å²) in [6.45, 7) is 2.51. The number of halogens is 4. The minimum absolute atomic E-state index is 0.0134. The molecular weight excluding hydrogens is 467 g/mol. The van der Waals surface area contributed by atoms with Crippen LogP contribution in [0.1, 0.15) is 51.1 Å². The third-order valence-corrected chi connectivity index (χ3v) is 6.10. The monoisotopic (exact) mass is 489 g/mol. The number of nitrogens with zero attached hydrogens (tertiary/aromatic N) is 2. The standard InChI is InChI=1S/C25H23ClF3N3O2/c1-14-10-11-17(15(2)12-14)25(28,29)13-30-23(33)21-16-6-3-4-8-19(16)31-32-24(21)34-20-9-5-7-18(26)22(20)27/h5,7,9-12H,3-4,6,8,13H2,1-2H3,(H,30,33). The number of benzene rings is 2. The zero-order valence-corrected chi connectivity index (χ0v) is 19.5.